The Labute approximate surface area is 113 Å². The van der Waals surface area contributed by atoms with Gasteiger partial charge >= 0.3 is 0 Å². The highest BCUT2D eigenvalue weighted by atomic mass is 19.1. The van der Waals surface area contributed by atoms with Gasteiger partial charge in [0.05, 0.1) is 5.92 Å². The summed E-state index contributed by atoms with van der Waals surface area (Å²) >= 11 is 0. The molecule has 1 aliphatic rings. The molecule has 0 aromatic heterocycles. The zero-order valence-electron chi connectivity index (χ0n) is 11.2. The minimum Gasteiger partial charge on any atom is -0.369 e. The molecule has 0 saturated carbocycles. The molecule has 2 rings (SSSR count). The summed E-state index contributed by atoms with van der Waals surface area (Å²) in [5.41, 5.74) is 6.08. The topological polar surface area (TPSA) is 49.6 Å². The molecule has 104 valence electrons. The lowest BCUT2D eigenvalue weighted by atomic mass is 10.1. The van der Waals surface area contributed by atoms with Crippen molar-refractivity contribution in [2.75, 3.05) is 33.2 Å². The monoisotopic (exact) mass is 265 g/mol. The summed E-state index contributed by atoms with van der Waals surface area (Å²) in [4.78, 5) is 15.6. The minimum absolute atomic E-state index is 0.195. The first-order valence-corrected chi connectivity index (χ1v) is 6.50. The van der Waals surface area contributed by atoms with Crippen LogP contribution in [0.3, 0.4) is 0 Å². The van der Waals surface area contributed by atoms with Crippen LogP contribution in [0.1, 0.15) is 5.56 Å². The Kier molecular flexibility index (Phi) is 4.50. The highest BCUT2D eigenvalue weighted by Gasteiger charge is 2.25. The van der Waals surface area contributed by atoms with Crippen LogP contribution in [0.5, 0.6) is 0 Å². The predicted molar refractivity (Wildman–Crippen MR) is 71.9 cm³/mol. The summed E-state index contributed by atoms with van der Waals surface area (Å²) in [6.45, 7) is 3.45. The van der Waals surface area contributed by atoms with Gasteiger partial charge in [0.15, 0.2) is 0 Å². The van der Waals surface area contributed by atoms with E-state index in [4.69, 9.17) is 5.73 Å². The Morgan fingerprint density at radius 1 is 1.37 bits per heavy atom. The van der Waals surface area contributed by atoms with Crippen LogP contribution in [0.15, 0.2) is 24.3 Å². The lowest BCUT2D eigenvalue weighted by Crippen LogP contribution is -2.37. The van der Waals surface area contributed by atoms with Crippen molar-refractivity contribution >= 4 is 5.91 Å². The summed E-state index contributed by atoms with van der Waals surface area (Å²) in [7, 11) is 1.97. The standard InChI is InChI=1S/C14H20FN3O/c1-17-6-7-18(10-12(8-17)14(16)19)9-11-4-2-3-5-13(11)15/h2-5,12H,6-10H2,1H3,(H2,16,19)/t12-/m1/s1. The lowest BCUT2D eigenvalue weighted by molar-refractivity contribution is -0.122. The number of nitrogens with zero attached hydrogens (tertiary/aromatic N) is 2. The Morgan fingerprint density at radius 3 is 2.79 bits per heavy atom. The van der Waals surface area contributed by atoms with Gasteiger partial charge in [-0.1, -0.05) is 18.2 Å². The number of hydrogen-bond acceptors (Lipinski definition) is 3. The number of carbonyl (C=O) groups is 1. The Morgan fingerprint density at radius 2 is 2.11 bits per heavy atom. The fraction of sp³-hybridized carbons (Fsp3) is 0.500. The first-order valence-electron chi connectivity index (χ1n) is 6.50. The summed E-state index contributed by atoms with van der Waals surface area (Å²) in [5.74, 6) is -0.678. The molecular weight excluding hydrogens is 245 g/mol. The molecule has 0 aliphatic carbocycles. The van der Waals surface area contributed by atoms with Crippen LogP contribution < -0.4 is 5.73 Å². The third-order valence-corrected chi connectivity index (χ3v) is 3.56. The molecule has 1 fully saturated rings. The summed E-state index contributed by atoms with van der Waals surface area (Å²) in [5, 5.41) is 0. The van der Waals surface area contributed by atoms with Crippen molar-refractivity contribution in [3.05, 3.63) is 35.6 Å². The molecule has 1 aliphatic heterocycles. The van der Waals surface area contributed by atoms with Gasteiger partial charge in [0.25, 0.3) is 0 Å². The van der Waals surface area contributed by atoms with E-state index in [-0.39, 0.29) is 17.6 Å². The van der Waals surface area contributed by atoms with Crippen LogP contribution in [0.4, 0.5) is 4.39 Å². The molecule has 4 nitrogen and oxygen atoms in total. The fourth-order valence-electron chi connectivity index (χ4n) is 2.43. The largest absolute Gasteiger partial charge is 0.369 e. The number of hydrogen-bond donors (Lipinski definition) is 1. The molecule has 1 aromatic carbocycles. The van der Waals surface area contributed by atoms with Crippen LogP contribution >= 0.6 is 0 Å². The van der Waals surface area contributed by atoms with E-state index in [1.165, 1.54) is 6.07 Å². The van der Waals surface area contributed by atoms with Gasteiger partial charge in [-0.2, -0.15) is 0 Å². The second-order valence-corrected chi connectivity index (χ2v) is 5.19. The van der Waals surface area contributed by atoms with E-state index in [1.807, 2.05) is 13.1 Å². The summed E-state index contributed by atoms with van der Waals surface area (Å²) in [6, 6.07) is 6.75. The number of amides is 1. The van der Waals surface area contributed by atoms with Gasteiger partial charge in [0, 0.05) is 38.3 Å². The van der Waals surface area contributed by atoms with Gasteiger partial charge in [-0.3, -0.25) is 9.69 Å². The van der Waals surface area contributed by atoms with Crippen molar-refractivity contribution in [1.82, 2.24) is 9.80 Å². The average Bonchev–Trinajstić information content (AvgIpc) is 2.55. The van der Waals surface area contributed by atoms with Crippen LogP contribution in [-0.2, 0) is 11.3 Å². The van der Waals surface area contributed by atoms with Crippen LogP contribution in [0.2, 0.25) is 0 Å². The second-order valence-electron chi connectivity index (χ2n) is 5.19. The van der Waals surface area contributed by atoms with E-state index >= 15 is 0 Å². The number of rotatable bonds is 3. The first-order chi connectivity index (χ1) is 9.06. The van der Waals surface area contributed by atoms with Crippen molar-refractivity contribution < 1.29 is 9.18 Å². The normalized spacial score (nSPS) is 22.1. The highest BCUT2D eigenvalue weighted by molar-refractivity contribution is 5.77. The van der Waals surface area contributed by atoms with E-state index in [0.29, 0.717) is 25.2 Å². The Balaban J connectivity index is 2.07. The third kappa shape index (κ3) is 3.75. The molecule has 1 saturated heterocycles. The Hall–Kier alpha value is -1.46. The molecule has 1 atom stereocenters. The number of benzene rings is 1. The van der Waals surface area contributed by atoms with Crippen molar-refractivity contribution in [2.24, 2.45) is 11.7 Å². The zero-order valence-corrected chi connectivity index (χ0v) is 11.2. The fourth-order valence-corrected chi connectivity index (χ4v) is 2.43. The molecule has 2 N–H and O–H groups in total. The minimum atomic E-state index is -0.285. The zero-order chi connectivity index (χ0) is 13.8. The van der Waals surface area contributed by atoms with Crippen LogP contribution in [0, 0.1) is 11.7 Å². The molecule has 0 unspecified atom stereocenters. The maximum atomic E-state index is 13.6. The van der Waals surface area contributed by atoms with Gasteiger partial charge in [-0.15, -0.1) is 0 Å². The molecule has 5 heteroatoms. The number of carbonyl (C=O) groups excluding carboxylic acids is 1. The van der Waals surface area contributed by atoms with E-state index in [0.717, 1.165) is 13.1 Å². The highest BCUT2D eigenvalue weighted by Crippen LogP contribution is 2.14. The predicted octanol–water partition coefficient (Wildman–Crippen LogP) is 0.675. The molecule has 0 bridgehead atoms. The van der Waals surface area contributed by atoms with Gasteiger partial charge in [-0.25, -0.2) is 4.39 Å². The first kappa shape index (κ1) is 14.0. The van der Waals surface area contributed by atoms with Gasteiger partial charge < -0.3 is 10.6 Å². The van der Waals surface area contributed by atoms with Crippen molar-refractivity contribution in [3.63, 3.8) is 0 Å². The van der Waals surface area contributed by atoms with Crippen molar-refractivity contribution in [2.45, 2.75) is 6.54 Å². The van der Waals surface area contributed by atoms with Crippen LogP contribution in [-0.4, -0.2) is 48.9 Å². The van der Waals surface area contributed by atoms with Crippen molar-refractivity contribution in [1.29, 1.82) is 0 Å². The SMILES string of the molecule is CN1CCN(Cc2ccccc2F)C[C@H](C(N)=O)C1. The maximum absolute atomic E-state index is 13.6. The van der Waals surface area contributed by atoms with E-state index in [9.17, 15) is 9.18 Å². The molecule has 0 radical (unpaired) electrons. The maximum Gasteiger partial charge on any atom is 0.223 e. The number of primary amides is 1. The van der Waals surface area contributed by atoms with Crippen LogP contribution in [0.25, 0.3) is 0 Å². The molecular formula is C14H20FN3O. The van der Waals surface area contributed by atoms with Gasteiger partial charge in [0.2, 0.25) is 5.91 Å². The van der Waals surface area contributed by atoms with E-state index in [1.54, 1.807) is 12.1 Å². The second kappa shape index (κ2) is 6.12. The number of halogens is 1. The summed E-state index contributed by atoms with van der Waals surface area (Å²) < 4.78 is 13.6. The smallest absolute Gasteiger partial charge is 0.223 e. The third-order valence-electron chi connectivity index (χ3n) is 3.56. The molecule has 1 amide bonds. The van der Waals surface area contributed by atoms with E-state index < -0.39 is 0 Å². The quantitative estimate of drug-likeness (QED) is 0.874. The summed E-state index contributed by atoms with van der Waals surface area (Å²) in [6.07, 6.45) is 0. The van der Waals surface area contributed by atoms with Gasteiger partial charge in [-0.05, 0) is 13.1 Å². The number of nitrogens with two attached hydrogens (primary N) is 1. The lowest BCUT2D eigenvalue weighted by Gasteiger charge is -2.22. The molecule has 0 spiro atoms. The Bertz CT molecular complexity index is 452. The molecule has 19 heavy (non-hydrogen) atoms. The molecule has 1 aromatic rings. The van der Waals surface area contributed by atoms with Gasteiger partial charge in [0.1, 0.15) is 5.82 Å². The molecule has 1 heterocycles. The average molecular weight is 265 g/mol. The van der Waals surface area contributed by atoms with E-state index in [2.05, 4.69) is 9.80 Å². The number of likely N-dealkylation sites (N-methyl/N-ethyl adjacent to an activating group) is 1. The van der Waals surface area contributed by atoms with Crippen molar-refractivity contribution in [3.8, 4) is 0 Å².